The maximum absolute atomic E-state index is 12.9. The van der Waals surface area contributed by atoms with Crippen molar-refractivity contribution in [3.05, 3.63) is 85.1 Å². The Labute approximate surface area is 477 Å². The lowest BCUT2D eigenvalue weighted by atomic mass is 10.0. The number of hydrogen-bond donors (Lipinski definition) is 0. The van der Waals surface area contributed by atoms with E-state index in [1.165, 1.54) is 167 Å². The Bertz CT molecular complexity index is 1470. The van der Waals surface area contributed by atoms with Gasteiger partial charge in [0.1, 0.15) is 13.2 Å². The van der Waals surface area contributed by atoms with E-state index in [-0.39, 0.29) is 31.1 Å². The summed E-state index contributed by atoms with van der Waals surface area (Å²) in [6.45, 7) is 6.43. The summed E-state index contributed by atoms with van der Waals surface area (Å²) in [6.07, 6.45) is 86.2. The van der Waals surface area contributed by atoms with Crippen LogP contribution < -0.4 is 0 Å². The van der Waals surface area contributed by atoms with Gasteiger partial charge in [-0.05, 0) is 89.9 Å². The number of esters is 3. The highest BCUT2D eigenvalue weighted by Crippen LogP contribution is 2.17. The number of carbonyl (C=O) groups is 3. The van der Waals surface area contributed by atoms with Gasteiger partial charge >= 0.3 is 17.9 Å². The maximum Gasteiger partial charge on any atom is 0.306 e. The summed E-state index contributed by atoms with van der Waals surface area (Å²) < 4.78 is 16.9. The molecule has 0 amide bonds. The Balaban J connectivity index is 4.09. The molecule has 0 fully saturated rings. The highest BCUT2D eigenvalue weighted by atomic mass is 16.6. The quantitative estimate of drug-likeness (QED) is 0.0261. The summed E-state index contributed by atoms with van der Waals surface area (Å²) in [5, 5.41) is 0. The SMILES string of the molecule is CC/C=C\C/C=C\C/C=C\C/C=C\CCCCCCCCCCCCCCCCCCCCCCC(=O)OCC(COC(=O)CCCCCCCCCCCCC)OC(=O)CCCCCCC/C=C\C/C=C\C/C=C\CC. The molecular weight excluding hydrogens is 949 g/mol. The Morgan fingerprint density at radius 1 is 0.273 bits per heavy atom. The second kappa shape index (κ2) is 65.1. The van der Waals surface area contributed by atoms with Crippen molar-refractivity contribution in [3.8, 4) is 0 Å². The normalized spacial score (nSPS) is 12.6. The zero-order valence-corrected chi connectivity index (χ0v) is 51.0. The van der Waals surface area contributed by atoms with Crippen LogP contribution in [-0.4, -0.2) is 37.2 Å². The van der Waals surface area contributed by atoms with Gasteiger partial charge in [-0.25, -0.2) is 0 Å². The van der Waals surface area contributed by atoms with Gasteiger partial charge in [0.2, 0.25) is 0 Å². The van der Waals surface area contributed by atoms with Crippen LogP contribution in [0.5, 0.6) is 0 Å². The molecule has 0 heterocycles. The largest absolute Gasteiger partial charge is 0.462 e. The molecule has 0 aromatic carbocycles. The summed E-state index contributed by atoms with van der Waals surface area (Å²) in [4.78, 5) is 38.2. The van der Waals surface area contributed by atoms with Crippen LogP contribution in [0.3, 0.4) is 0 Å². The van der Waals surface area contributed by atoms with Gasteiger partial charge in [-0.2, -0.15) is 0 Å². The van der Waals surface area contributed by atoms with Gasteiger partial charge in [-0.3, -0.25) is 14.4 Å². The Morgan fingerprint density at radius 2 is 0.506 bits per heavy atom. The molecule has 1 unspecified atom stereocenters. The first-order valence-corrected chi connectivity index (χ1v) is 33.1. The van der Waals surface area contributed by atoms with E-state index < -0.39 is 6.10 Å². The fourth-order valence-corrected chi connectivity index (χ4v) is 9.51. The van der Waals surface area contributed by atoms with E-state index in [2.05, 4.69) is 106 Å². The van der Waals surface area contributed by atoms with Crippen molar-refractivity contribution in [3.63, 3.8) is 0 Å². The van der Waals surface area contributed by atoms with Crippen LogP contribution in [0, 0.1) is 0 Å². The summed E-state index contributed by atoms with van der Waals surface area (Å²) in [5.74, 6) is -0.881. The number of carbonyl (C=O) groups excluding carboxylic acids is 3. The third-order valence-electron chi connectivity index (χ3n) is 14.4. The van der Waals surface area contributed by atoms with Crippen LogP contribution in [-0.2, 0) is 28.6 Å². The molecule has 77 heavy (non-hydrogen) atoms. The molecule has 6 nitrogen and oxygen atoms in total. The predicted molar refractivity (Wildman–Crippen MR) is 334 cm³/mol. The molecule has 0 aliphatic rings. The minimum atomic E-state index is -0.782. The van der Waals surface area contributed by atoms with Crippen LogP contribution in [0.2, 0.25) is 0 Å². The lowest BCUT2D eigenvalue weighted by Crippen LogP contribution is -2.30. The second-order valence-electron chi connectivity index (χ2n) is 22.0. The minimum Gasteiger partial charge on any atom is -0.462 e. The van der Waals surface area contributed by atoms with Crippen molar-refractivity contribution >= 4 is 17.9 Å². The van der Waals surface area contributed by atoms with E-state index in [9.17, 15) is 14.4 Å². The lowest BCUT2D eigenvalue weighted by Gasteiger charge is -2.18. The third-order valence-corrected chi connectivity index (χ3v) is 14.4. The molecule has 6 heteroatoms. The van der Waals surface area contributed by atoms with Crippen molar-refractivity contribution in [1.82, 2.24) is 0 Å². The van der Waals surface area contributed by atoms with Crippen molar-refractivity contribution in [2.75, 3.05) is 13.2 Å². The molecule has 0 aromatic rings. The molecule has 0 N–H and O–H groups in total. The smallest absolute Gasteiger partial charge is 0.306 e. The van der Waals surface area contributed by atoms with E-state index >= 15 is 0 Å². The highest BCUT2D eigenvalue weighted by molar-refractivity contribution is 5.71. The number of ether oxygens (including phenoxy) is 3. The third kappa shape index (κ3) is 63.3. The second-order valence-corrected chi connectivity index (χ2v) is 22.0. The number of rotatable bonds is 60. The van der Waals surface area contributed by atoms with Gasteiger partial charge in [0, 0.05) is 19.3 Å². The number of unbranched alkanes of at least 4 members (excludes halogenated alkanes) is 35. The molecular formula is C71H124O6. The monoisotopic (exact) mass is 1070 g/mol. The number of hydrogen-bond acceptors (Lipinski definition) is 6. The molecule has 0 aliphatic carbocycles. The fourth-order valence-electron chi connectivity index (χ4n) is 9.51. The minimum absolute atomic E-state index is 0.0784. The van der Waals surface area contributed by atoms with Crippen molar-refractivity contribution in [1.29, 1.82) is 0 Å². The summed E-state index contributed by atoms with van der Waals surface area (Å²) in [5.41, 5.74) is 0. The van der Waals surface area contributed by atoms with E-state index in [1.54, 1.807) is 0 Å². The number of allylic oxidation sites excluding steroid dienone is 14. The van der Waals surface area contributed by atoms with Crippen LogP contribution in [0.1, 0.15) is 329 Å². The molecule has 0 spiro atoms. The molecule has 444 valence electrons. The highest BCUT2D eigenvalue weighted by Gasteiger charge is 2.19. The van der Waals surface area contributed by atoms with Gasteiger partial charge in [-0.15, -0.1) is 0 Å². The Morgan fingerprint density at radius 3 is 0.792 bits per heavy atom. The fraction of sp³-hybridized carbons (Fsp3) is 0.761. The molecule has 0 radical (unpaired) electrons. The van der Waals surface area contributed by atoms with Gasteiger partial charge in [-0.1, -0.05) is 305 Å². The van der Waals surface area contributed by atoms with Gasteiger partial charge < -0.3 is 14.2 Å². The molecule has 0 aromatic heterocycles. The molecule has 1 atom stereocenters. The van der Waals surface area contributed by atoms with Gasteiger partial charge in [0.15, 0.2) is 6.10 Å². The standard InChI is InChI=1S/C71H124O6/c1-4-7-10-13-16-19-22-24-26-27-28-29-30-31-32-33-34-35-36-37-38-39-40-41-42-43-45-46-49-52-55-58-61-64-70(73)76-67-68(66-75-69(72)63-60-57-54-51-48-21-18-15-12-9-6-3)77-71(74)65-62-59-56-53-50-47-44-25-23-20-17-14-11-8-5-2/h7-8,10-11,16-17,19-20,24-26,28-29,44,68H,4-6,9,12-15,18,21-23,27,30-43,45-67H2,1-3H3/b10-7-,11-8-,19-16-,20-17-,26-24-,29-28-,44-25-. The summed E-state index contributed by atoms with van der Waals surface area (Å²) >= 11 is 0. The van der Waals surface area contributed by atoms with E-state index in [0.717, 1.165) is 122 Å². The van der Waals surface area contributed by atoms with Crippen LogP contribution in [0.15, 0.2) is 85.1 Å². The average Bonchev–Trinajstić information content (AvgIpc) is 3.43. The first-order chi connectivity index (χ1) is 38.0. The summed E-state index contributed by atoms with van der Waals surface area (Å²) in [6, 6.07) is 0. The molecule has 0 saturated carbocycles. The first-order valence-electron chi connectivity index (χ1n) is 33.1. The van der Waals surface area contributed by atoms with E-state index in [1.807, 2.05) is 0 Å². The summed E-state index contributed by atoms with van der Waals surface area (Å²) in [7, 11) is 0. The van der Waals surface area contributed by atoms with Crippen LogP contribution in [0.4, 0.5) is 0 Å². The van der Waals surface area contributed by atoms with Crippen molar-refractivity contribution in [2.24, 2.45) is 0 Å². The van der Waals surface area contributed by atoms with E-state index in [0.29, 0.717) is 19.3 Å². The first kappa shape index (κ1) is 73.6. The predicted octanol–water partition coefficient (Wildman–Crippen LogP) is 22.7. The topological polar surface area (TPSA) is 78.9 Å². The zero-order valence-electron chi connectivity index (χ0n) is 51.0. The van der Waals surface area contributed by atoms with Crippen LogP contribution in [0.25, 0.3) is 0 Å². The average molecular weight is 1070 g/mol. The molecule has 0 bridgehead atoms. The van der Waals surface area contributed by atoms with Crippen molar-refractivity contribution in [2.45, 2.75) is 335 Å². The van der Waals surface area contributed by atoms with Crippen LogP contribution >= 0.6 is 0 Å². The zero-order chi connectivity index (χ0) is 55.7. The van der Waals surface area contributed by atoms with Gasteiger partial charge in [0.05, 0.1) is 0 Å². The Hall–Kier alpha value is -3.41. The Kier molecular flexibility index (Phi) is 62.2. The van der Waals surface area contributed by atoms with Gasteiger partial charge in [0.25, 0.3) is 0 Å². The molecule has 0 rings (SSSR count). The maximum atomic E-state index is 12.9. The molecule has 0 aliphatic heterocycles. The van der Waals surface area contributed by atoms with E-state index in [4.69, 9.17) is 14.2 Å². The molecule has 0 saturated heterocycles. The lowest BCUT2D eigenvalue weighted by molar-refractivity contribution is -0.167. The van der Waals surface area contributed by atoms with Crippen molar-refractivity contribution < 1.29 is 28.6 Å².